The second kappa shape index (κ2) is 7.65. The third kappa shape index (κ3) is 5.01. The summed E-state index contributed by atoms with van der Waals surface area (Å²) >= 11 is 0. The lowest BCUT2D eigenvalue weighted by atomic mass is 10.1. The summed E-state index contributed by atoms with van der Waals surface area (Å²) in [6.07, 6.45) is 0. The number of benzene rings is 1. The molecule has 110 valence electrons. The summed E-state index contributed by atoms with van der Waals surface area (Å²) in [7, 11) is 1.31. The molecule has 2 N–H and O–H groups in total. The number of aryl methyl sites for hydroxylation is 1. The van der Waals surface area contributed by atoms with Gasteiger partial charge in [0, 0.05) is 19.5 Å². The molecule has 0 radical (unpaired) electrons. The molecule has 0 saturated carbocycles. The minimum atomic E-state index is -0.676. The first-order valence-corrected chi connectivity index (χ1v) is 6.59. The summed E-state index contributed by atoms with van der Waals surface area (Å²) in [6, 6.07) is 7.54. The van der Waals surface area contributed by atoms with Gasteiger partial charge in [0.2, 0.25) is 5.91 Å². The maximum absolute atomic E-state index is 11.6. The van der Waals surface area contributed by atoms with E-state index in [9.17, 15) is 9.59 Å². The minimum absolute atomic E-state index is 0.0795. The molecule has 1 aromatic rings. The normalized spacial score (nSPS) is 13.4. The van der Waals surface area contributed by atoms with Crippen LogP contribution in [-0.2, 0) is 14.3 Å². The highest BCUT2D eigenvalue weighted by Gasteiger charge is 2.20. The smallest absolute Gasteiger partial charge is 0.329 e. The van der Waals surface area contributed by atoms with Gasteiger partial charge >= 0.3 is 5.97 Å². The zero-order chi connectivity index (χ0) is 15.1. The summed E-state index contributed by atoms with van der Waals surface area (Å²) < 4.78 is 4.68. The second-order valence-electron chi connectivity index (χ2n) is 4.82. The van der Waals surface area contributed by atoms with Crippen LogP contribution in [0, 0.1) is 6.92 Å². The molecule has 0 saturated heterocycles. The molecule has 1 rings (SSSR count). The van der Waals surface area contributed by atoms with Gasteiger partial charge in [-0.25, -0.2) is 4.79 Å². The number of rotatable bonds is 6. The molecule has 0 fully saturated rings. The average molecular weight is 278 g/mol. The van der Waals surface area contributed by atoms with Gasteiger partial charge in [0.1, 0.15) is 6.04 Å². The first kappa shape index (κ1) is 16.2. The van der Waals surface area contributed by atoms with Gasteiger partial charge in [-0.05, 0) is 19.4 Å². The van der Waals surface area contributed by atoms with Gasteiger partial charge in [-0.3, -0.25) is 4.79 Å². The Morgan fingerprint density at radius 3 is 2.60 bits per heavy atom. The van der Waals surface area contributed by atoms with E-state index in [1.165, 1.54) is 19.6 Å². The number of hydrogen-bond donors (Lipinski definition) is 2. The summed E-state index contributed by atoms with van der Waals surface area (Å²) in [5.41, 5.74) is 2.32. The van der Waals surface area contributed by atoms with E-state index in [4.69, 9.17) is 0 Å². The van der Waals surface area contributed by atoms with Gasteiger partial charge < -0.3 is 15.4 Å². The summed E-state index contributed by atoms with van der Waals surface area (Å²) in [6.45, 7) is 5.74. The number of hydrogen-bond acceptors (Lipinski definition) is 4. The number of ether oxygens (including phenoxy) is 1. The van der Waals surface area contributed by atoms with Crippen LogP contribution in [-0.4, -0.2) is 31.6 Å². The highest BCUT2D eigenvalue weighted by Crippen LogP contribution is 2.13. The molecule has 0 aromatic heterocycles. The van der Waals surface area contributed by atoms with Gasteiger partial charge in [-0.2, -0.15) is 0 Å². The van der Waals surface area contributed by atoms with Crippen molar-refractivity contribution < 1.29 is 14.3 Å². The number of methoxy groups -OCH3 is 1. The monoisotopic (exact) mass is 278 g/mol. The lowest BCUT2D eigenvalue weighted by Gasteiger charge is -2.20. The molecule has 0 aliphatic carbocycles. The lowest BCUT2D eigenvalue weighted by molar-refractivity contribution is -0.144. The van der Waals surface area contributed by atoms with Crippen molar-refractivity contribution in [2.75, 3.05) is 13.7 Å². The van der Waals surface area contributed by atoms with Crippen molar-refractivity contribution in [1.29, 1.82) is 0 Å². The molecule has 20 heavy (non-hydrogen) atoms. The Morgan fingerprint density at radius 1 is 1.35 bits per heavy atom. The van der Waals surface area contributed by atoms with Crippen LogP contribution in [0.4, 0.5) is 0 Å². The number of carbonyl (C=O) groups is 2. The van der Waals surface area contributed by atoms with E-state index in [0.717, 1.165) is 5.56 Å². The maximum atomic E-state index is 11.6. The van der Waals surface area contributed by atoms with Gasteiger partial charge in [-0.1, -0.05) is 29.8 Å². The molecule has 1 unspecified atom stereocenters. The maximum Gasteiger partial charge on any atom is 0.329 e. The molecule has 0 heterocycles. The molecule has 2 atom stereocenters. The third-order valence-electron chi connectivity index (χ3n) is 3.03. The molecule has 5 heteroatoms. The van der Waals surface area contributed by atoms with Crippen LogP contribution in [0.3, 0.4) is 0 Å². The van der Waals surface area contributed by atoms with Crippen molar-refractivity contribution in [2.45, 2.75) is 32.9 Å². The molecule has 1 amide bonds. The van der Waals surface area contributed by atoms with Crippen LogP contribution in [0.2, 0.25) is 0 Å². The Balaban J connectivity index is 2.62. The fourth-order valence-corrected chi connectivity index (χ4v) is 1.93. The minimum Gasteiger partial charge on any atom is -0.467 e. The first-order chi connectivity index (χ1) is 9.43. The van der Waals surface area contributed by atoms with E-state index in [0.29, 0.717) is 6.54 Å². The van der Waals surface area contributed by atoms with Crippen molar-refractivity contribution in [3.8, 4) is 0 Å². The highest BCUT2D eigenvalue weighted by molar-refractivity contribution is 5.83. The van der Waals surface area contributed by atoms with Crippen LogP contribution in [0.5, 0.6) is 0 Å². The van der Waals surface area contributed by atoms with E-state index in [-0.39, 0.29) is 11.9 Å². The second-order valence-corrected chi connectivity index (χ2v) is 4.82. The van der Waals surface area contributed by atoms with E-state index >= 15 is 0 Å². The number of esters is 1. The average Bonchev–Trinajstić information content (AvgIpc) is 2.41. The third-order valence-corrected chi connectivity index (χ3v) is 3.03. The lowest BCUT2D eigenvalue weighted by Crippen LogP contribution is -2.47. The van der Waals surface area contributed by atoms with E-state index in [1.807, 2.05) is 32.0 Å². The summed E-state index contributed by atoms with van der Waals surface area (Å²) in [4.78, 5) is 22.7. The Hall–Kier alpha value is -1.88. The van der Waals surface area contributed by atoms with Gasteiger partial charge in [0.15, 0.2) is 0 Å². The largest absolute Gasteiger partial charge is 0.467 e. The number of nitrogens with one attached hydrogen (secondary N) is 2. The predicted molar refractivity (Wildman–Crippen MR) is 77.2 cm³/mol. The van der Waals surface area contributed by atoms with Gasteiger partial charge in [0.25, 0.3) is 0 Å². The Labute approximate surface area is 119 Å². The van der Waals surface area contributed by atoms with E-state index < -0.39 is 12.0 Å². The predicted octanol–water partition coefficient (Wildman–Crippen LogP) is 1.32. The van der Waals surface area contributed by atoms with Crippen molar-refractivity contribution >= 4 is 11.9 Å². The zero-order valence-corrected chi connectivity index (χ0v) is 12.4. The fourth-order valence-electron chi connectivity index (χ4n) is 1.93. The summed E-state index contributed by atoms with van der Waals surface area (Å²) in [5.74, 6) is -0.713. The molecular formula is C15H22N2O3. The van der Waals surface area contributed by atoms with Crippen molar-refractivity contribution in [3.63, 3.8) is 0 Å². The molecule has 0 aliphatic rings. The van der Waals surface area contributed by atoms with Gasteiger partial charge in [0.05, 0.1) is 7.11 Å². The van der Waals surface area contributed by atoms with Gasteiger partial charge in [-0.15, -0.1) is 0 Å². The number of amides is 1. The quantitative estimate of drug-likeness (QED) is 0.770. The van der Waals surface area contributed by atoms with Crippen LogP contribution in [0.15, 0.2) is 24.3 Å². The van der Waals surface area contributed by atoms with Crippen molar-refractivity contribution in [2.24, 2.45) is 0 Å². The van der Waals surface area contributed by atoms with Crippen LogP contribution >= 0.6 is 0 Å². The Kier molecular flexibility index (Phi) is 6.18. The molecule has 0 bridgehead atoms. The standard InChI is InChI=1S/C15H22N2O3/c1-10-6-5-7-13(8-10)11(2)16-9-14(15(19)20-4)17-12(3)18/h5-8,11,14,16H,9H2,1-4H3,(H,17,18)/t11-,14?/m1/s1. The van der Waals surface area contributed by atoms with Crippen LogP contribution in [0.25, 0.3) is 0 Å². The SMILES string of the molecule is COC(=O)C(CN[C@H](C)c1cccc(C)c1)NC(C)=O. The van der Waals surface area contributed by atoms with E-state index in [2.05, 4.69) is 21.4 Å². The summed E-state index contributed by atoms with van der Waals surface area (Å²) in [5, 5.41) is 5.80. The van der Waals surface area contributed by atoms with Crippen molar-refractivity contribution in [1.82, 2.24) is 10.6 Å². The molecule has 0 aliphatic heterocycles. The van der Waals surface area contributed by atoms with Crippen molar-refractivity contribution in [3.05, 3.63) is 35.4 Å². The van der Waals surface area contributed by atoms with Crippen LogP contribution in [0.1, 0.15) is 31.0 Å². The molecular weight excluding hydrogens is 256 g/mol. The molecule has 0 spiro atoms. The number of carbonyl (C=O) groups excluding carboxylic acids is 2. The van der Waals surface area contributed by atoms with Crippen LogP contribution < -0.4 is 10.6 Å². The first-order valence-electron chi connectivity index (χ1n) is 6.59. The topological polar surface area (TPSA) is 67.4 Å². The fraction of sp³-hybridized carbons (Fsp3) is 0.467. The zero-order valence-electron chi connectivity index (χ0n) is 12.4. The molecule has 1 aromatic carbocycles. The van der Waals surface area contributed by atoms with E-state index in [1.54, 1.807) is 0 Å². The highest BCUT2D eigenvalue weighted by atomic mass is 16.5. The molecule has 5 nitrogen and oxygen atoms in total. The Morgan fingerprint density at radius 2 is 2.05 bits per heavy atom. The Bertz CT molecular complexity index is 474.